The minimum absolute atomic E-state index is 0.0112. The van der Waals surface area contributed by atoms with E-state index in [0.717, 1.165) is 7.11 Å². The van der Waals surface area contributed by atoms with Gasteiger partial charge in [0.05, 0.1) is 36.2 Å². The lowest BCUT2D eigenvalue weighted by Crippen LogP contribution is -2.31. The number of H-pyrrole nitrogens is 1. The van der Waals surface area contributed by atoms with Gasteiger partial charge in [0.15, 0.2) is 0 Å². The second-order valence-electron chi connectivity index (χ2n) is 7.76. The first-order valence-electron chi connectivity index (χ1n) is 10.9. The van der Waals surface area contributed by atoms with Gasteiger partial charge in [0.25, 0.3) is 15.8 Å². The monoisotopic (exact) mass is 526 g/mol. The van der Waals surface area contributed by atoms with E-state index in [1.54, 1.807) is 61.5 Å². The number of anilines is 1. The van der Waals surface area contributed by atoms with Gasteiger partial charge in [-0.15, -0.1) is 0 Å². The number of aromatic nitrogens is 1. The Morgan fingerprint density at radius 3 is 2.44 bits per heavy atom. The molecular formula is C26H23ClN2O6S. The number of nitrogens with one attached hydrogen (secondary N) is 1. The average molecular weight is 527 g/mol. The Morgan fingerprint density at radius 1 is 1.00 bits per heavy atom. The molecule has 4 rings (SSSR count). The Balaban J connectivity index is 1.90. The van der Waals surface area contributed by atoms with Crippen molar-refractivity contribution in [2.24, 2.45) is 0 Å². The van der Waals surface area contributed by atoms with E-state index in [9.17, 15) is 18.0 Å². The normalized spacial score (nSPS) is 11.3. The Morgan fingerprint density at radius 2 is 1.75 bits per heavy atom. The third-order valence-corrected chi connectivity index (χ3v) is 8.10. The van der Waals surface area contributed by atoms with Crippen LogP contribution in [-0.4, -0.2) is 45.9 Å². The zero-order chi connectivity index (χ0) is 26.0. The van der Waals surface area contributed by atoms with E-state index in [1.165, 1.54) is 23.5 Å². The molecule has 0 radical (unpaired) electrons. The summed E-state index contributed by atoms with van der Waals surface area (Å²) in [5.74, 6) is -1.38. The number of benzene rings is 3. The minimum Gasteiger partial charge on any atom is -0.497 e. The number of sulfonamides is 1. The molecular weight excluding hydrogens is 504 g/mol. The van der Waals surface area contributed by atoms with Crippen molar-refractivity contribution >= 4 is 50.0 Å². The van der Waals surface area contributed by atoms with E-state index in [1.807, 2.05) is 0 Å². The SMILES string of the molecule is CCN(c1cccc(OC)c1)S(=O)(=O)c1cc(-c2[nH]c3ccccc3c2C(=O)C(=O)OC)ccc1Cl. The third-order valence-electron chi connectivity index (χ3n) is 5.72. The van der Waals surface area contributed by atoms with Gasteiger partial charge < -0.3 is 14.5 Å². The number of aromatic amines is 1. The molecule has 1 heterocycles. The number of para-hydroxylation sites is 1. The highest BCUT2D eigenvalue weighted by molar-refractivity contribution is 7.93. The molecule has 186 valence electrons. The van der Waals surface area contributed by atoms with Crippen LogP contribution in [0, 0.1) is 0 Å². The lowest BCUT2D eigenvalue weighted by Gasteiger charge is -2.24. The number of fused-ring (bicyclic) bond motifs is 1. The predicted molar refractivity (Wildman–Crippen MR) is 138 cm³/mol. The van der Waals surface area contributed by atoms with E-state index in [-0.39, 0.29) is 27.7 Å². The Hall–Kier alpha value is -3.82. The lowest BCUT2D eigenvalue weighted by molar-refractivity contribution is -0.135. The molecule has 0 atom stereocenters. The van der Waals surface area contributed by atoms with Gasteiger partial charge in [-0.05, 0) is 37.3 Å². The van der Waals surface area contributed by atoms with E-state index < -0.39 is 21.8 Å². The molecule has 0 aliphatic heterocycles. The fraction of sp³-hybridized carbons (Fsp3) is 0.154. The van der Waals surface area contributed by atoms with Crippen LogP contribution in [0.5, 0.6) is 5.75 Å². The maximum Gasteiger partial charge on any atom is 0.379 e. The quantitative estimate of drug-likeness (QED) is 0.195. The summed E-state index contributed by atoms with van der Waals surface area (Å²) in [6.45, 7) is 1.84. The van der Waals surface area contributed by atoms with Crippen molar-refractivity contribution < 1.29 is 27.5 Å². The number of carbonyl (C=O) groups is 2. The van der Waals surface area contributed by atoms with Crippen molar-refractivity contribution in [1.82, 2.24) is 4.98 Å². The highest BCUT2D eigenvalue weighted by Gasteiger charge is 2.29. The maximum atomic E-state index is 13.8. The zero-order valence-corrected chi connectivity index (χ0v) is 21.3. The number of ketones is 1. The maximum absolute atomic E-state index is 13.8. The lowest BCUT2D eigenvalue weighted by atomic mass is 10.0. The number of esters is 1. The number of ether oxygens (including phenoxy) is 2. The fourth-order valence-electron chi connectivity index (χ4n) is 4.02. The summed E-state index contributed by atoms with van der Waals surface area (Å²) < 4.78 is 38.6. The molecule has 0 aliphatic rings. The van der Waals surface area contributed by atoms with E-state index in [2.05, 4.69) is 9.72 Å². The van der Waals surface area contributed by atoms with Crippen LogP contribution in [-0.2, 0) is 19.6 Å². The Bertz CT molecular complexity index is 1580. The van der Waals surface area contributed by atoms with Gasteiger partial charge in [-0.25, -0.2) is 13.2 Å². The molecule has 0 amide bonds. The van der Waals surface area contributed by atoms with Crippen LogP contribution >= 0.6 is 11.6 Å². The number of halogens is 1. The molecule has 4 aromatic rings. The van der Waals surface area contributed by atoms with E-state index in [0.29, 0.717) is 27.9 Å². The first-order chi connectivity index (χ1) is 17.2. The fourth-order valence-corrected chi connectivity index (χ4v) is 5.99. The molecule has 0 aliphatic carbocycles. The smallest absolute Gasteiger partial charge is 0.379 e. The summed E-state index contributed by atoms with van der Waals surface area (Å²) >= 11 is 6.39. The van der Waals surface area contributed by atoms with E-state index in [4.69, 9.17) is 16.3 Å². The standard InChI is InChI=1S/C26H23ClN2O6S/c1-4-29(17-8-7-9-18(15-17)34-2)36(32,33)22-14-16(12-13-20(22)27)24-23(25(30)26(31)35-3)19-10-5-6-11-21(19)28-24/h5-15,28H,4H2,1-3H3. The van der Waals surface area contributed by atoms with Crippen LogP contribution in [0.3, 0.4) is 0 Å². The van der Waals surface area contributed by atoms with Gasteiger partial charge in [0.2, 0.25) is 0 Å². The molecule has 1 N–H and O–H groups in total. The van der Waals surface area contributed by atoms with Gasteiger partial charge in [-0.2, -0.15) is 0 Å². The summed E-state index contributed by atoms with van der Waals surface area (Å²) in [7, 11) is -1.50. The van der Waals surface area contributed by atoms with Gasteiger partial charge in [-0.1, -0.05) is 41.9 Å². The van der Waals surface area contributed by atoms with Crippen molar-refractivity contribution in [3.8, 4) is 17.0 Å². The number of hydrogen-bond donors (Lipinski definition) is 1. The highest BCUT2D eigenvalue weighted by atomic mass is 35.5. The number of rotatable bonds is 8. The molecule has 0 saturated carbocycles. The van der Waals surface area contributed by atoms with Gasteiger partial charge in [0, 0.05) is 29.1 Å². The van der Waals surface area contributed by atoms with Crippen LogP contribution in [0.4, 0.5) is 5.69 Å². The van der Waals surface area contributed by atoms with E-state index >= 15 is 0 Å². The van der Waals surface area contributed by atoms with Crippen molar-refractivity contribution in [1.29, 1.82) is 0 Å². The highest BCUT2D eigenvalue weighted by Crippen LogP contribution is 2.36. The van der Waals surface area contributed by atoms with Crippen molar-refractivity contribution in [3.05, 3.63) is 77.3 Å². The topological polar surface area (TPSA) is 106 Å². The summed E-state index contributed by atoms with van der Waals surface area (Å²) in [5, 5.41) is 0.519. The number of nitrogens with zero attached hydrogens (tertiary/aromatic N) is 1. The number of hydrogen-bond acceptors (Lipinski definition) is 6. The molecule has 36 heavy (non-hydrogen) atoms. The van der Waals surface area contributed by atoms with Crippen LogP contribution in [0.15, 0.2) is 71.6 Å². The largest absolute Gasteiger partial charge is 0.497 e. The molecule has 8 nitrogen and oxygen atoms in total. The Kier molecular flexibility index (Phi) is 7.05. The Labute approximate surface area is 213 Å². The number of carbonyl (C=O) groups excluding carboxylic acids is 2. The molecule has 0 spiro atoms. The predicted octanol–water partition coefficient (Wildman–Crippen LogP) is 5.07. The zero-order valence-electron chi connectivity index (χ0n) is 19.7. The van der Waals surface area contributed by atoms with Crippen LogP contribution in [0.2, 0.25) is 5.02 Å². The second-order valence-corrected chi connectivity index (χ2v) is 10.00. The van der Waals surface area contributed by atoms with Crippen molar-refractivity contribution in [2.45, 2.75) is 11.8 Å². The molecule has 1 aromatic heterocycles. The summed E-state index contributed by atoms with van der Waals surface area (Å²) in [6, 6.07) is 18.1. The summed E-state index contributed by atoms with van der Waals surface area (Å²) in [6.07, 6.45) is 0. The molecule has 0 saturated heterocycles. The van der Waals surface area contributed by atoms with Crippen LogP contribution < -0.4 is 9.04 Å². The molecule has 0 fully saturated rings. The van der Waals surface area contributed by atoms with Gasteiger partial charge in [0.1, 0.15) is 10.6 Å². The average Bonchev–Trinajstić information content (AvgIpc) is 3.27. The molecule has 0 bridgehead atoms. The number of methoxy groups -OCH3 is 2. The van der Waals surface area contributed by atoms with Gasteiger partial charge >= 0.3 is 5.97 Å². The molecule has 0 unspecified atom stereocenters. The summed E-state index contributed by atoms with van der Waals surface area (Å²) in [5.41, 5.74) is 1.74. The number of Topliss-reactive ketones (excluding diaryl/α,β-unsaturated/α-hetero) is 1. The molecule has 3 aromatic carbocycles. The van der Waals surface area contributed by atoms with Gasteiger partial charge in [-0.3, -0.25) is 9.10 Å². The van der Waals surface area contributed by atoms with Crippen LogP contribution in [0.25, 0.3) is 22.2 Å². The first kappa shape index (κ1) is 25.3. The first-order valence-corrected chi connectivity index (χ1v) is 12.7. The minimum atomic E-state index is -4.12. The summed E-state index contributed by atoms with van der Waals surface area (Å²) in [4.78, 5) is 28.1. The van der Waals surface area contributed by atoms with Crippen LogP contribution in [0.1, 0.15) is 17.3 Å². The van der Waals surface area contributed by atoms with Crippen molar-refractivity contribution in [2.75, 3.05) is 25.1 Å². The molecule has 10 heteroatoms. The van der Waals surface area contributed by atoms with Crippen molar-refractivity contribution in [3.63, 3.8) is 0 Å². The second kappa shape index (κ2) is 10.0. The third kappa shape index (κ3) is 4.43.